The second-order valence-electron chi connectivity index (χ2n) is 7.31. The summed E-state index contributed by atoms with van der Waals surface area (Å²) in [5.41, 5.74) is 0.394. The van der Waals surface area contributed by atoms with Crippen molar-refractivity contribution in [3.05, 3.63) is 81.6 Å². The fraction of sp³-hybridized carbons (Fsp3) is 0.208. The minimum absolute atomic E-state index is 0.0133. The third-order valence-electron chi connectivity index (χ3n) is 4.77. The number of aromatic nitrogens is 1. The number of rotatable bonds is 7. The summed E-state index contributed by atoms with van der Waals surface area (Å²) in [6, 6.07) is 10.4. The van der Waals surface area contributed by atoms with Crippen LogP contribution in [0.4, 0.5) is 23.7 Å². The van der Waals surface area contributed by atoms with E-state index in [1.54, 1.807) is 19.1 Å². The number of anilines is 1. The molecule has 35 heavy (non-hydrogen) atoms. The number of pyridine rings is 1. The number of urea groups is 1. The summed E-state index contributed by atoms with van der Waals surface area (Å²) in [5, 5.41) is 5.04. The van der Waals surface area contributed by atoms with Crippen molar-refractivity contribution in [2.24, 2.45) is 0 Å². The lowest BCUT2D eigenvalue weighted by molar-refractivity contribution is -0.142. The third kappa shape index (κ3) is 7.10. The number of benzene rings is 2. The lowest BCUT2D eigenvalue weighted by atomic mass is 9.99. The highest BCUT2D eigenvalue weighted by Crippen LogP contribution is 2.43. The molecular weight excluding hydrogens is 506 g/mol. The number of hydrogen-bond donors (Lipinski definition) is 2. The van der Waals surface area contributed by atoms with E-state index in [4.69, 9.17) is 27.9 Å². The summed E-state index contributed by atoms with van der Waals surface area (Å²) in [6.07, 6.45) is -2.98. The van der Waals surface area contributed by atoms with Gasteiger partial charge in [0.2, 0.25) is 0 Å². The lowest BCUT2D eigenvalue weighted by Crippen LogP contribution is -2.28. The number of ether oxygens (including phenoxy) is 1. The molecule has 0 saturated heterocycles. The molecule has 3 rings (SSSR count). The molecule has 0 unspecified atom stereocenters. The van der Waals surface area contributed by atoms with Crippen LogP contribution in [0.2, 0.25) is 10.0 Å². The molecule has 0 aliphatic rings. The first kappa shape index (κ1) is 26.3. The van der Waals surface area contributed by atoms with E-state index in [1.165, 1.54) is 36.5 Å². The second-order valence-corrected chi connectivity index (χ2v) is 8.12. The number of esters is 1. The highest BCUT2D eigenvalue weighted by molar-refractivity contribution is 6.39. The van der Waals surface area contributed by atoms with Crippen LogP contribution in [0.3, 0.4) is 0 Å². The van der Waals surface area contributed by atoms with Crippen LogP contribution in [0.15, 0.2) is 54.7 Å². The Hall–Kier alpha value is -3.30. The van der Waals surface area contributed by atoms with Crippen molar-refractivity contribution in [1.29, 1.82) is 0 Å². The predicted molar refractivity (Wildman–Crippen MR) is 127 cm³/mol. The molecule has 0 fully saturated rings. The van der Waals surface area contributed by atoms with Gasteiger partial charge in [-0.25, -0.2) is 4.79 Å². The van der Waals surface area contributed by atoms with E-state index in [-0.39, 0.29) is 45.8 Å². The van der Waals surface area contributed by atoms with Gasteiger partial charge in [-0.15, -0.1) is 0 Å². The van der Waals surface area contributed by atoms with Gasteiger partial charge in [-0.2, -0.15) is 13.2 Å². The molecule has 1 aromatic heterocycles. The van der Waals surface area contributed by atoms with Crippen LogP contribution in [0.1, 0.15) is 23.7 Å². The first-order chi connectivity index (χ1) is 16.6. The number of nitrogens with one attached hydrogen (secondary N) is 2. The largest absolute Gasteiger partial charge is 0.466 e. The quantitative estimate of drug-likeness (QED) is 0.345. The maximum Gasteiger partial charge on any atom is 0.417 e. The van der Waals surface area contributed by atoms with E-state index in [9.17, 15) is 22.8 Å². The standard InChI is InChI=1S/C24H20Cl2F3N3O3/c1-2-35-21(33)9-14-7-8-15(30-12-14)13-31-23(34)32-16-10-19(25)22(20(26)11-16)17-5-3-4-6-18(17)24(27,28)29/h3-8,10-12H,2,9,13H2,1H3,(H2,31,32,34). The smallest absolute Gasteiger partial charge is 0.417 e. The topological polar surface area (TPSA) is 80.3 Å². The minimum Gasteiger partial charge on any atom is -0.466 e. The van der Waals surface area contributed by atoms with Gasteiger partial charge in [0, 0.05) is 17.4 Å². The maximum absolute atomic E-state index is 13.4. The van der Waals surface area contributed by atoms with E-state index in [1.807, 2.05) is 0 Å². The molecule has 0 saturated carbocycles. The average Bonchev–Trinajstić information content (AvgIpc) is 2.78. The fourth-order valence-corrected chi connectivity index (χ4v) is 3.93. The highest BCUT2D eigenvalue weighted by atomic mass is 35.5. The summed E-state index contributed by atoms with van der Waals surface area (Å²) >= 11 is 12.5. The van der Waals surface area contributed by atoms with Gasteiger partial charge < -0.3 is 15.4 Å². The van der Waals surface area contributed by atoms with Gasteiger partial charge in [0.1, 0.15) is 0 Å². The first-order valence-electron chi connectivity index (χ1n) is 10.4. The molecule has 0 atom stereocenters. The molecule has 0 aliphatic heterocycles. The number of nitrogens with zero attached hydrogens (tertiary/aromatic N) is 1. The average molecular weight is 526 g/mol. The first-order valence-corrected chi connectivity index (χ1v) is 11.1. The van der Waals surface area contributed by atoms with Crippen LogP contribution in [-0.2, 0) is 28.7 Å². The molecular formula is C24H20Cl2F3N3O3. The number of amides is 2. The Bertz CT molecular complexity index is 1200. The molecule has 0 aliphatic carbocycles. The van der Waals surface area contributed by atoms with Crippen LogP contribution >= 0.6 is 23.2 Å². The van der Waals surface area contributed by atoms with E-state index in [2.05, 4.69) is 15.6 Å². The van der Waals surface area contributed by atoms with Crippen LogP contribution < -0.4 is 10.6 Å². The van der Waals surface area contributed by atoms with E-state index in [0.29, 0.717) is 17.9 Å². The maximum atomic E-state index is 13.4. The van der Waals surface area contributed by atoms with Crippen molar-refractivity contribution in [2.75, 3.05) is 11.9 Å². The zero-order valence-corrected chi connectivity index (χ0v) is 19.9. The van der Waals surface area contributed by atoms with Crippen LogP contribution in [-0.4, -0.2) is 23.6 Å². The van der Waals surface area contributed by atoms with E-state index < -0.39 is 17.8 Å². The highest BCUT2D eigenvalue weighted by Gasteiger charge is 2.34. The number of carbonyl (C=O) groups excluding carboxylic acids is 2. The molecule has 2 N–H and O–H groups in total. The summed E-state index contributed by atoms with van der Waals surface area (Å²) < 4.78 is 45.1. The summed E-state index contributed by atoms with van der Waals surface area (Å²) in [4.78, 5) is 28.0. The predicted octanol–water partition coefficient (Wildman–Crippen LogP) is 6.50. The van der Waals surface area contributed by atoms with Crippen molar-refractivity contribution < 1.29 is 27.5 Å². The van der Waals surface area contributed by atoms with Crippen LogP contribution in [0, 0.1) is 0 Å². The number of carbonyl (C=O) groups is 2. The zero-order chi connectivity index (χ0) is 25.6. The van der Waals surface area contributed by atoms with Crippen molar-refractivity contribution in [2.45, 2.75) is 26.1 Å². The fourth-order valence-electron chi connectivity index (χ4n) is 3.24. The second kappa shape index (κ2) is 11.4. The zero-order valence-electron chi connectivity index (χ0n) is 18.4. The van der Waals surface area contributed by atoms with Crippen molar-refractivity contribution in [3.63, 3.8) is 0 Å². The van der Waals surface area contributed by atoms with Gasteiger partial charge in [0.15, 0.2) is 0 Å². The Morgan fingerprint density at radius 3 is 2.34 bits per heavy atom. The Morgan fingerprint density at radius 1 is 1.06 bits per heavy atom. The van der Waals surface area contributed by atoms with Gasteiger partial charge >= 0.3 is 18.2 Å². The number of halogens is 5. The Balaban J connectivity index is 1.66. The van der Waals surface area contributed by atoms with Crippen LogP contribution in [0.5, 0.6) is 0 Å². The minimum atomic E-state index is -4.59. The van der Waals surface area contributed by atoms with Crippen molar-refractivity contribution >= 4 is 40.9 Å². The van der Waals surface area contributed by atoms with Gasteiger partial charge in [0.25, 0.3) is 0 Å². The van der Waals surface area contributed by atoms with Crippen molar-refractivity contribution in [3.8, 4) is 11.1 Å². The number of hydrogen-bond acceptors (Lipinski definition) is 4. The Morgan fingerprint density at radius 2 is 1.74 bits per heavy atom. The van der Waals surface area contributed by atoms with Gasteiger partial charge in [-0.3, -0.25) is 9.78 Å². The van der Waals surface area contributed by atoms with Crippen molar-refractivity contribution in [1.82, 2.24) is 10.3 Å². The Kier molecular flexibility index (Phi) is 8.58. The van der Waals surface area contributed by atoms with Gasteiger partial charge in [-0.1, -0.05) is 47.5 Å². The summed E-state index contributed by atoms with van der Waals surface area (Å²) in [5.74, 6) is -0.357. The normalized spacial score (nSPS) is 11.1. The van der Waals surface area contributed by atoms with Gasteiger partial charge in [-0.05, 0) is 42.3 Å². The van der Waals surface area contributed by atoms with Crippen LogP contribution in [0.25, 0.3) is 11.1 Å². The SMILES string of the molecule is CCOC(=O)Cc1ccc(CNC(=O)Nc2cc(Cl)c(-c3ccccc3C(F)(F)F)c(Cl)c2)nc1. The monoisotopic (exact) mass is 525 g/mol. The molecule has 1 heterocycles. The molecule has 6 nitrogen and oxygen atoms in total. The molecule has 0 bridgehead atoms. The molecule has 3 aromatic rings. The Labute approximate surface area is 209 Å². The molecule has 2 amide bonds. The molecule has 2 aromatic carbocycles. The summed E-state index contributed by atoms with van der Waals surface area (Å²) in [6.45, 7) is 2.10. The molecule has 184 valence electrons. The van der Waals surface area contributed by atoms with Gasteiger partial charge in [0.05, 0.1) is 40.9 Å². The third-order valence-corrected chi connectivity index (χ3v) is 5.37. The molecule has 0 radical (unpaired) electrons. The lowest BCUT2D eigenvalue weighted by Gasteiger charge is -2.16. The summed E-state index contributed by atoms with van der Waals surface area (Å²) in [7, 11) is 0. The number of alkyl halides is 3. The molecule has 11 heteroatoms. The van der Waals surface area contributed by atoms with E-state index >= 15 is 0 Å². The van der Waals surface area contributed by atoms with E-state index in [0.717, 1.165) is 6.07 Å². The molecule has 0 spiro atoms.